The lowest BCUT2D eigenvalue weighted by molar-refractivity contribution is 0.410. The molecule has 2 atom stereocenters. The topological polar surface area (TPSA) is 49.7 Å². The van der Waals surface area contributed by atoms with Crippen LogP contribution in [0.4, 0.5) is 4.39 Å². The van der Waals surface area contributed by atoms with Crippen molar-refractivity contribution in [1.29, 1.82) is 0 Å². The zero-order valence-corrected chi connectivity index (χ0v) is 14.5. The monoisotopic (exact) mass is 392 g/mol. The van der Waals surface area contributed by atoms with Crippen molar-refractivity contribution in [3.05, 3.63) is 34.1 Å². The minimum Gasteiger partial charge on any atom is -0.348 e. The van der Waals surface area contributed by atoms with Crippen molar-refractivity contribution in [3.8, 4) is 0 Å². The second-order valence-corrected chi connectivity index (χ2v) is 9.27. The molecule has 0 N–H and O–H groups in total. The molecule has 0 saturated carbocycles. The van der Waals surface area contributed by atoms with Crippen molar-refractivity contribution in [2.45, 2.75) is 17.8 Å². The second kappa shape index (κ2) is 5.55. The summed E-state index contributed by atoms with van der Waals surface area (Å²) in [5.74, 6) is 0.516. The smallest absolute Gasteiger partial charge is 0.159 e. The van der Waals surface area contributed by atoms with E-state index in [1.54, 1.807) is 12.1 Å². The number of thioether (sulfide) groups is 1. The van der Waals surface area contributed by atoms with Gasteiger partial charge >= 0.3 is 0 Å². The van der Waals surface area contributed by atoms with Crippen LogP contribution in [0.5, 0.6) is 0 Å². The van der Waals surface area contributed by atoms with Crippen LogP contribution >= 0.6 is 27.7 Å². The Labute approximate surface area is 135 Å². The van der Waals surface area contributed by atoms with Gasteiger partial charge in [-0.1, -0.05) is 33.8 Å². The van der Waals surface area contributed by atoms with Crippen LogP contribution in [0.15, 0.2) is 27.7 Å². The summed E-state index contributed by atoms with van der Waals surface area (Å²) in [6.45, 7) is 0. The highest BCUT2D eigenvalue weighted by Gasteiger charge is 2.44. The Morgan fingerprint density at radius 2 is 2.24 bits per heavy atom. The van der Waals surface area contributed by atoms with Gasteiger partial charge in [-0.05, 0) is 17.7 Å². The summed E-state index contributed by atoms with van der Waals surface area (Å²) in [6, 6.07) is 4.76. The highest BCUT2D eigenvalue weighted by molar-refractivity contribution is 9.10. The van der Waals surface area contributed by atoms with Crippen molar-refractivity contribution in [2.75, 3.05) is 18.6 Å². The molecule has 0 bridgehead atoms. The molecular weight excluding hydrogens is 379 g/mol. The predicted molar refractivity (Wildman–Crippen MR) is 86.8 cm³/mol. The van der Waals surface area contributed by atoms with Crippen molar-refractivity contribution >= 4 is 42.7 Å². The molecule has 4 nitrogen and oxygen atoms in total. The molecule has 3 rings (SSSR count). The molecular formula is C13H14BrFN2O2S2. The Morgan fingerprint density at radius 1 is 1.48 bits per heavy atom. The molecule has 0 aromatic heterocycles. The van der Waals surface area contributed by atoms with Crippen LogP contribution in [-0.2, 0) is 15.6 Å². The van der Waals surface area contributed by atoms with Crippen LogP contribution in [0.3, 0.4) is 0 Å². The van der Waals surface area contributed by atoms with Gasteiger partial charge in [0.1, 0.15) is 5.82 Å². The third-order valence-electron chi connectivity index (χ3n) is 3.74. The molecule has 0 spiro atoms. The summed E-state index contributed by atoms with van der Waals surface area (Å²) in [7, 11) is -1.11. The second-order valence-electron chi connectivity index (χ2n) is 5.26. The average molecular weight is 393 g/mol. The number of benzene rings is 1. The van der Waals surface area contributed by atoms with Gasteiger partial charge in [-0.15, -0.1) is 0 Å². The van der Waals surface area contributed by atoms with Crippen LogP contribution in [0.25, 0.3) is 0 Å². The first-order valence-corrected chi connectivity index (χ1v) is 10.0. The van der Waals surface area contributed by atoms with Crippen LogP contribution in [0.1, 0.15) is 5.56 Å². The van der Waals surface area contributed by atoms with Crippen LogP contribution in [0, 0.1) is 5.82 Å². The van der Waals surface area contributed by atoms with E-state index in [0.717, 1.165) is 5.17 Å². The number of hydrogen-bond donors (Lipinski definition) is 0. The zero-order chi connectivity index (χ0) is 15.2. The van der Waals surface area contributed by atoms with Crippen LogP contribution < -0.4 is 0 Å². The largest absolute Gasteiger partial charge is 0.348 e. The number of halogens is 2. The van der Waals surface area contributed by atoms with E-state index < -0.39 is 9.84 Å². The van der Waals surface area contributed by atoms with E-state index in [9.17, 15) is 12.8 Å². The first-order chi connectivity index (χ1) is 9.85. The Kier molecular flexibility index (Phi) is 4.04. The lowest BCUT2D eigenvalue weighted by Gasteiger charge is -2.20. The summed E-state index contributed by atoms with van der Waals surface area (Å²) in [5.41, 5.74) is 0.615. The van der Waals surface area contributed by atoms with E-state index >= 15 is 0 Å². The Bertz CT molecular complexity index is 708. The third-order valence-corrected chi connectivity index (χ3v) is 7.04. The Morgan fingerprint density at radius 3 is 2.90 bits per heavy atom. The summed E-state index contributed by atoms with van der Waals surface area (Å²) in [5, 5.41) is 0.794. The summed E-state index contributed by atoms with van der Waals surface area (Å²) in [4.78, 5) is 6.40. The molecule has 2 aliphatic rings. The molecule has 2 aliphatic heterocycles. The summed E-state index contributed by atoms with van der Waals surface area (Å²) >= 11 is 4.68. The highest BCUT2D eigenvalue weighted by atomic mass is 79.9. The van der Waals surface area contributed by atoms with Gasteiger partial charge in [-0.3, -0.25) is 4.99 Å². The molecule has 2 heterocycles. The van der Waals surface area contributed by atoms with E-state index in [1.807, 2.05) is 11.9 Å². The van der Waals surface area contributed by atoms with Gasteiger partial charge in [0.2, 0.25) is 0 Å². The van der Waals surface area contributed by atoms with Crippen molar-refractivity contribution < 1.29 is 12.8 Å². The maximum Gasteiger partial charge on any atom is 0.159 e. The fraction of sp³-hybridized carbons (Fsp3) is 0.462. The van der Waals surface area contributed by atoms with E-state index in [2.05, 4.69) is 20.9 Å². The molecule has 114 valence electrons. The molecule has 0 unspecified atom stereocenters. The molecule has 21 heavy (non-hydrogen) atoms. The third kappa shape index (κ3) is 3.12. The maximum atomic E-state index is 13.8. The summed E-state index contributed by atoms with van der Waals surface area (Å²) in [6.07, 6.45) is 0. The van der Waals surface area contributed by atoms with Crippen molar-refractivity contribution in [2.24, 2.45) is 4.99 Å². The SMILES string of the molecule is CN1C(SCc2ccc(Br)cc2F)=N[C@@H]2CS(=O)(=O)C[C@@H]21. The minimum absolute atomic E-state index is 0.0627. The van der Waals surface area contributed by atoms with Gasteiger partial charge in [-0.25, -0.2) is 12.8 Å². The molecule has 1 aromatic rings. The average Bonchev–Trinajstić information content (AvgIpc) is 2.83. The van der Waals surface area contributed by atoms with Crippen molar-refractivity contribution in [1.82, 2.24) is 4.90 Å². The van der Waals surface area contributed by atoms with Gasteiger partial charge in [0.15, 0.2) is 15.0 Å². The number of aliphatic imine (C=N–C) groups is 1. The van der Waals surface area contributed by atoms with E-state index in [4.69, 9.17) is 0 Å². The number of likely N-dealkylation sites (N-methyl/N-ethyl adjacent to an activating group) is 1. The van der Waals surface area contributed by atoms with Gasteiger partial charge < -0.3 is 4.90 Å². The Balaban J connectivity index is 1.69. The number of sulfone groups is 1. The molecule has 0 aliphatic carbocycles. The normalized spacial score (nSPS) is 26.8. The first kappa shape index (κ1) is 15.3. The lowest BCUT2D eigenvalue weighted by Crippen LogP contribution is -2.35. The van der Waals surface area contributed by atoms with Crippen LogP contribution in [0.2, 0.25) is 0 Å². The molecule has 1 aromatic carbocycles. The van der Waals surface area contributed by atoms with Gasteiger partial charge in [-0.2, -0.15) is 0 Å². The number of hydrogen-bond acceptors (Lipinski definition) is 5. The maximum absolute atomic E-state index is 13.8. The number of rotatable bonds is 2. The molecule has 8 heteroatoms. The van der Waals surface area contributed by atoms with Crippen LogP contribution in [-0.4, -0.2) is 49.1 Å². The number of amidine groups is 1. The van der Waals surface area contributed by atoms with Gasteiger partial charge in [0.25, 0.3) is 0 Å². The molecule has 1 saturated heterocycles. The fourth-order valence-electron chi connectivity index (χ4n) is 2.60. The van der Waals surface area contributed by atoms with Crippen molar-refractivity contribution in [3.63, 3.8) is 0 Å². The zero-order valence-electron chi connectivity index (χ0n) is 11.3. The highest BCUT2D eigenvalue weighted by Crippen LogP contribution is 2.31. The van der Waals surface area contributed by atoms with E-state index in [-0.39, 0.29) is 29.4 Å². The standard InChI is InChI=1S/C13H14BrFN2O2S2/c1-17-12-7-21(18,19)6-11(12)16-13(17)20-5-8-2-3-9(14)4-10(8)15/h2-4,11-12H,5-7H2,1H3/t11-,12+/m1/s1. The minimum atomic E-state index is -2.96. The van der Waals surface area contributed by atoms with E-state index in [1.165, 1.54) is 17.8 Å². The number of nitrogens with zero attached hydrogens (tertiary/aromatic N) is 2. The lowest BCUT2D eigenvalue weighted by atomic mass is 10.2. The fourth-order valence-corrected chi connectivity index (χ4v) is 5.92. The van der Waals surface area contributed by atoms with Gasteiger partial charge in [0.05, 0.1) is 23.6 Å². The summed E-state index contributed by atoms with van der Waals surface area (Å²) < 4.78 is 37.7. The predicted octanol–water partition coefficient (Wildman–Crippen LogP) is 2.29. The quantitative estimate of drug-likeness (QED) is 0.774. The molecule has 1 fully saturated rings. The van der Waals surface area contributed by atoms with E-state index in [0.29, 0.717) is 15.8 Å². The number of fused-ring (bicyclic) bond motifs is 1. The molecule has 0 amide bonds. The van der Waals surface area contributed by atoms with Gasteiger partial charge in [0, 0.05) is 17.3 Å². The molecule has 0 radical (unpaired) electrons. The Hall–Kier alpha value is -0.600. The first-order valence-electron chi connectivity index (χ1n) is 6.43.